The molecular formula is C19H32N2O3. The van der Waals surface area contributed by atoms with Crippen molar-refractivity contribution in [3.8, 4) is 5.75 Å². The van der Waals surface area contributed by atoms with E-state index in [1.54, 1.807) is 7.11 Å². The molecule has 1 heterocycles. The van der Waals surface area contributed by atoms with Crippen molar-refractivity contribution in [2.24, 2.45) is 0 Å². The Morgan fingerprint density at radius 3 is 2.67 bits per heavy atom. The van der Waals surface area contributed by atoms with Crippen molar-refractivity contribution in [3.63, 3.8) is 0 Å². The molecule has 1 aliphatic rings. The standard InChI is InChI=1S/C19H32N2O3/c1-4-17-13-20(9-10-21(17)11-12-23-3)14-18(22)15-24-19-7-5-16(2)6-8-19/h5-8,17-18,22H,4,9-15H2,1-3H3/t17-,18-/m0/s1. The monoisotopic (exact) mass is 336 g/mol. The molecule has 0 amide bonds. The van der Waals surface area contributed by atoms with Gasteiger partial charge in [0.1, 0.15) is 18.5 Å². The van der Waals surface area contributed by atoms with Gasteiger partial charge in [0.2, 0.25) is 0 Å². The van der Waals surface area contributed by atoms with Crippen LogP contribution in [0.3, 0.4) is 0 Å². The largest absolute Gasteiger partial charge is 0.491 e. The van der Waals surface area contributed by atoms with E-state index in [2.05, 4.69) is 23.6 Å². The third-order valence-electron chi connectivity index (χ3n) is 4.67. The van der Waals surface area contributed by atoms with Crippen molar-refractivity contribution < 1.29 is 14.6 Å². The normalized spacial score (nSPS) is 20.9. The van der Waals surface area contributed by atoms with Crippen molar-refractivity contribution >= 4 is 0 Å². The van der Waals surface area contributed by atoms with Gasteiger partial charge in [-0.3, -0.25) is 9.80 Å². The molecule has 0 spiro atoms. The lowest BCUT2D eigenvalue weighted by molar-refractivity contribution is 0.0148. The van der Waals surface area contributed by atoms with Crippen LogP contribution in [-0.4, -0.2) is 80.1 Å². The van der Waals surface area contributed by atoms with E-state index in [1.165, 1.54) is 5.56 Å². The molecule has 1 fully saturated rings. The molecule has 5 heteroatoms. The first kappa shape index (κ1) is 19.2. The average molecular weight is 336 g/mol. The van der Waals surface area contributed by atoms with Crippen LogP contribution in [0.25, 0.3) is 0 Å². The highest BCUT2D eigenvalue weighted by Crippen LogP contribution is 2.14. The second-order valence-corrected chi connectivity index (χ2v) is 6.63. The summed E-state index contributed by atoms with van der Waals surface area (Å²) < 4.78 is 10.9. The molecule has 2 atom stereocenters. The molecule has 2 rings (SSSR count). The molecule has 136 valence electrons. The summed E-state index contributed by atoms with van der Waals surface area (Å²) in [5.41, 5.74) is 1.21. The van der Waals surface area contributed by atoms with Crippen LogP contribution in [0, 0.1) is 6.92 Å². The average Bonchev–Trinajstić information content (AvgIpc) is 2.60. The van der Waals surface area contributed by atoms with Gasteiger partial charge in [-0.1, -0.05) is 24.6 Å². The molecule has 5 nitrogen and oxygen atoms in total. The molecule has 1 aliphatic heterocycles. The van der Waals surface area contributed by atoms with Gasteiger partial charge in [-0.15, -0.1) is 0 Å². The van der Waals surface area contributed by atoms with Crippen molar-refractivity contribution in [2.75, 3.05) is 53.0 Å². The summed E-state index contributed by atoms with van der Waals surface area (Å²) in [4.78, 5) is 4.84. The van der Waals surface area contributed by atoms with Gasteiger partial charge in [-0.2, -0.15) is 0 Å². The SMILES string of the molecule is CC[C@H]1CN(C[C@H](O)COc2ccc(C)cc2)CCN1CCOC. The number of aliphatic hydroxyl groups is 1. The van der Waals surface area contributed by atoms with Crippen LogP contribution in [-0.2, 0) is 4.74 Å². The molecule has 1 aromatic carbocycles. The van der Waals surface area contributed by atoms with Crippen LogP contribution < -0.4 is 4.74 Å². The Bertz CT molecular complexity index is 466. The van der Waals surface area contributed by atoms with Gasteiger partial charge in [0, 0.05) is 45.9 Å². The molecule has 0 aliphatic carbocycles. The van der Waals surface area contributed by atoms with Gasteiger partial charge in [0.25, 0.3) is 0 Å². The van der Waals surface area contributed by atoms with Crippen LogP contribution in [0.15, 0.2) is 24.3 Å². The van der Waals surface area contributed by atoms with Gasteiger partial charge in [0.15, 0.2) is 0 Å². The zero-order valence-electron chi connectivity index (χ0n) is 15.3. The molecule has 0 unspecified atom stereocenters. The summed E-state index contributed by atoms with van der Waals surface area (Å²) in [6, 6.07) is 8.48. The first-order valence-electron chi connectivity index (χ1n) is 8.95. The van der Waals surface area contributed by atoms with Crippen LogP contribution >= 0.6 is 0 Å². The van der Waals surface area contributed by atoms with E-state index in [1.807, 2.05) is 24.3 Å². The highest BCUT2D eigenvalue weighted by molar-refractivity contribution is 5.26. The summed E-state index contributed by atoms with van der Waals surface area (Å²) >= 11 is 0. The molecule has 0 radical (unpaired) electrons. The number of hydrogen-bond acceptors (Lipinski definition) is 5. The van der Waals surface area contributed by atoms with E-state index in [0.717, 1.165) is 45.0 Å². The fourth-order valence-corrected chi connectivity index (χ4v) is 3.19. The van der Waals surface area contributed by atoms with Gasteiger partial charge in [-0.05, 0) is 25.5 Å². The second-order valence-electron chi connectivity index (χ2n) is 6.63. The van der Waals surface area contributed by atoms with Crippen LogP contribution in [0.5, 0.6) is 5.75 Å². The number of nitrogens with zero attached hydrogens (tertiary/aromatic N) is 2. The maximum absolute atomic E-state index is 10.3. The lowest BCUT2D eigenvalue weighted by Crippen LogP contribution is -2.55. The minimum Gasteiger partial charge on any atom is -0.491 e. The summed E-state index contributed by atoms with van der Waals surface area (Å²) in [6.45, 7) is 10.1. The Kier molecular flexibility index (Phi) is 7.99. The van der Waals surface area contributed by atoms with Crippen LogP contribution in [0.1, 0.15) is 18.9 Å². The van der Waals surface area contributed by atoms with E-state index in [9.17, 15) is 5.11 Å². The first-order chi connectivity index (χ1) is 11.6. The Morgan fingerprint density at radius 2 is 2.00 bits per heavy atom. The quantitative estimate of drug-likeness (QED) is 0.745. The number of methoxy groups -OCH3 is 1. The fourth-order valence-electron chi connectivity index (χ4n) is 3.19. The van der Waals surface area contributed by atoms with Crippen LogP contribution in [0.2, 0.25) is 0 Å². The Hall–Kier alpha value is -1.14. The topological polar surface area (TPSA) is 45.2 Å². The third-order valence-corrected chi connectivity index (χ3v) is 4.67. The molecular weight excluding hydrogens is 304 g/mol. The maximum atomic E-state index is 10.3. The molecule has 1 N–H and O–H groups in total. The Balaban J connectivity index is 1.73. The molecule has 0 saturated carbocycles. The molecule has 1 saturated heterocycles. The highest BCUT2D eigenvalue weighted by atomic mass is 16.5. The van der Waals surface area contributed by atoms with Crippen molar-refractivity contribution in [3.05, 3.63) is 29.8 Å². The number of rotatable bonds is 9. The number of aryl methyl sites for hydroxylation is 1. The van der Waals surface area contributed by atoms with Crippen molar-refractivity contribution in [1.82, 2.24) is 9.80 Å². The number of benzene rings is 1. The highest BCUT2D eigenvalue weighted by Gasteiger charge is 2.26. The maximum Gasteiger partial charge on any atom is 0.119 e. The van der Waals surface area contributed by atoms with E-state index in [-0.39, 0.29) is 0 Å². The molecule has 1 aromatic rings. The summed E-state index contributed by atoms with van der Waals surface area (Å²) in [5.74, 6) is 0.815. The number of aliphatic hydroxyl groups excluding tert-OH is 1. The zero-order chi connectivity index (χ0) is 17.4. The van der Waals surface area contributed by atoms with Gasteiger partial charge in [0.05, 0.1) is 6.61 Å². The zero-order valence-corrected chi connectivity index (χ0v) is 15.3. The third kappa shape index (κ3) is 6.06. The number of ether oxygens (including phenoxy) is 2. The van der Waals surface area contributed by atoms with E-state index >= 15 is 0 Å². The molecule has 0 aromatic heterocycles. The van der Waals surface area contributed by atoms with E-state index < -0.39 is 6.10 Å². The smallest absolute Gasteiger partial charge is 0.119 e. The predicted octanol–water partition coefficient (Wildman–Crippen LogP) is 1.78. The summed E-state index contributed by atoms with van der Waals surface area (Å²) in [6.07, 6.45) is 0.658. The number of β-amino-alcohol motifs (C(OH)–C–C–N with tert-alkyl or cyclic N) is 1. The number of hydrogen-bond donors (Lipinski definition) is 1. The van der Waals surface area contributed by atoms with Gasteiger partial charge >= 0.3 is 0 Å². The summed E-state index contributed by atoms with van der Waals surface area (Å²) in [7, 11) is 1.75. The number of piperazine rings is 1. The minimum absolute atomic E-state index is 0.337. The van der Waals surface area contributed by atoms with Crippen molar-refractivity contribution in [1.29, 1.82) is 0 Å². The van der Waals surface area contributed by atoms with Gasteiger partial charge < -0.3 is 14.6 Å². The molecule has 24 heavy (non-hydrogen) atoms. The lowest BCUT2D eigenvalue weighted by Gasteiger charge is -2.41. The second kappa shape index (κ2) is 9.99. The fraction of sp³-hybridized carbons (Fsp3) is 0.684. The van der Waals surface area contributed by atoms with Crippen LogP contribution in [0.4, 0.5) is 0 Å². The minimum atomic E-state index is -0.464. The molecule has 0 bridgehead atoms. The lowest BCUT2D eigenvalue weighted by atomic mass is 10.1. The predicted molar refractivity (Wildman–Crippen MR) is 96.6 cm³/mol. The first-order valence-corrected chi connectivity index (χ1v) is 8.95. The summed E-state index contributed by atoms with van der Waals surface area (Å²) in [5, 5.41) is 10.3. The Labute approximate surface area is 146 Å². The van der Waals surface area contributed by atoms with E-state index in [4.69, 9.17) is 9.47 Å². The van der Waals surface area contributed by atoms with Crippen molar-refractivity contribution in [2.45, 2.75) is 32.4 Å². The van der Waals surface area contributed by atoms with E-state index in [0.29, 0.717) is 19.2 Å². The Morgan fingerprint density at radius 1 is 1.25 bits per heavy atom. The van der Waals surface area contributed by atoms with Gasteiger partial charge in [-0.25, -0.2) is 0 Å².